The summed E-state index contributed by atoms with van der Waals surface area (Å²) in [4.78, 5) is 4.23. The van der Waals surface area contributed by atoms with Gasteiger partial charge in [-0.1, -0.05) is 0 Å². The van der Waals surface area contributed by atoms with Gasteiger partial charge in [0.2, 0.25) is 0 Å². The molecule has 72 valence electrons. The zero-order valence-corrected chi connectivity index (χ0v) is 9.76. The topological polar surface area (TPSA) is 56.7 Å². The Bertz CT molecular complexity index is 464. The third kappa shape index (κ3) is 1.72. The molecule has 2 aromatic heterocycles. The molecule has 0 bridgehead atoms. The number of hydrogen-bond donors (Lipinski definition) is 1. The summed E-state index contributed by atoms with van der Waals surface area (Å²) in [5, 5.41) is 4.14. The van der Waals surface area contributed by atoms with Crippen molar-refractivity contribution in [2.75, 3.05) is 5.73 Å². The Hall–Kier alpha value is -1.11. The molecule has 2 N–H and O–H groups in total. The van der Waals surface area contributed by atoms with Crippen LogP contribution in [-0.2, 0) is 0 Å². The molecule has 0 atom stereocenters. The average Bonchev–Trinajstić information content (AvgIpc) is 2.51. The highest BCUT2D eigenvalue weighted by Crippen LogP contribution is 2.15. The van der Waals surface area contributed by atoms with Gasteiger partial charge in [-0.05, 0) is 41.1 Å². The zero-order chi connectivity index (χ0) is 10.1. The Kier molecular flexibility index (Phi) is 2.40. The summed E-state index contributed by atoms with van der Waals surface area (Å²) in [5.74, 6) is 0.679. The van der Waals surface area contributed by atoms with Gasteiger partial charge in [0.15, 0.2) is 5.82 Å². The Labute approximate surface area is 95.3 Å². The molecule has 0 saturated heterocycles. The number of pyridine rings is 1. The average molecular weight is 300 g/mol. The molecule has 0 aliphatic heterocycles. The maximum absolute atomic E-state index is 5.84. The minimum absolute atomic E-state index is 0.643. The fraction of sp³-hybridized carbons (Fsp3) is 0.111. The van der Waals surface area contributed by atoms with Crippen LogP contribution in [0.25, 0.3) is 5.82 Å². The first-order valence-corrected chi connectivity index (χ1v) is 5.17. The van der Waals surface area contributed by atoms with Crippen LogP contribution < -0.4 is 5.73 Å². The Morgan fingerprint density at radius 3 is 2.79 bits per heavy atom. The molecular formula is C9H9IN4. The van der Waals surface area contributed by atoms with Crippen LogP contribution in [0, 0.1) is 10.5 Å². The normalized spacial score (nSPS) is 10.4. The van der Waals surface area contributed by atoms with E-state index >= 15 is 0 Å². The predicted molar refractivity (Wildman–Crippen MR) is 63.2 cm³/mol. The first kappa shape index (κ1) is 9.45. The molecule has 2 aromatic rings. The van der Waals surface area contributed by atoms with Crippen LogP contribution in [0.5, 0.6) is 0 Å². The highest BCUT2D eigenvalue weighted by Gasteiger charge is 2.04. The summed E-state index contributed by atoms with van der Waals surface area (Å²) in [6, 6.07) is 1.89. The molecule has 0 saturated carbocycles. The summed E-state index contributed by atoms with van der Waals surface area (Å²) in [6.45, 7) is 1.96. The number of nitrogens with two attached hydrogens (primary N) is 1. The lowest BCUT2D eigenvalue weighted by molar-refractivity contribution is 0.848. The molecule has 2 rings (SSSR count). The quantitative estimate of drug-likeness (QED) is 0.817. The monoisotopic (exact) mass is 300 g/mol. The molecule has 0 amide bonds. The van der Waals surface area contributed by atoms with E-state index < -0.39 is 0 Å². The molecule has 0 radical (unpaired) electrons. The van der Waals surface area contributed by atoms with Crippen molar-refractivity contribution in [1.29, 1.82) is 0 Å². The maximum atomic E-state index is 5.84. The Morgan fingerprint density at radius 1 is 1.43 bits per heavy atom. The number of rotatable bonds is 1. The minimum atomic E-state index is 0.643. The Balaban J connectivity index is 2.52. The summed E-state index contributed by atoms with van der Waals surface area (Å²) >= 11 is 2.19. The van der Waals surface area contributed by atoms with Gasteiger partial charge >= 0.3 is 0 Å². The first-order chi connectivity index (χ1) is 6.66. The van der Waals surface area contributed by atoms with Crippen LogP contribution in [0.3, 0.4) is 0 Å². The SMILES string of the molecule is Cc1cnc(-n2cc(I)cn2)c(N)c1. The van der Waals surface area contributed by atoms with Gasteiger partial charge in [-0.3, -0.25) is 0 Å². The first-order valence-electron chi connectivity index (χ1n) is 4.09. The molecule has 0 fully saturated rings. The Morgan fingerprint density at radius 2 is 2.21 bits per heavy atom. The van der Waals surface area contributed by atoms with Gasteiger partial charge in [0, 0.05) is 12.4 Å². The lowest BCUT2D eigenvalue weighted by Crippen LogP contribution is -2.03. The van der Waals surface area contributed by atoms with E-state index in [-0.39, 0.29) is 0 Å². The third-order valence-electron chi connectivity index (χ3n) is 1.80. The van der Waals surface area contributed by atoms with Crippen molar-refractivity contribution in [3.8, 4) is 5.82 Å². The minimum Gasteiger partial charge on any atom is -0.396 e. The van der Waals surface area contributed by atoms with Gasteiger partial charge in [0.1, 0.15) is 0 Å². The summed E-state index contributed by atoms with van der Waals surface area (Å²) in [7, 11) is 0. The molecule has 0 unspecified atom stereocenters. The van der Waals surface area contributed by atoms with E-state index in [0.717, 1.165) is 9.13 Å². The number of aryl methyl sites for hydroxylation is 1. The van der Waals surface area contributed by atoms with Gasteiger partial charge in [-0.2, -0.15) is 5.10 Å². The van der Waals surface area contributed by atoms with Gasteiger partial charge in [-0.25, -0.2) is 9.67 Å². The molecule has 0 aromatic carbocycles. The molecule has 5 heteroatoms. The van der Waals surface area contributed by atoms with Crippen molar-refractivity contribution in [1.82, 2.24) is 14.8 Å². The van der Waals surface area contributed by atoms with Crippen molar-refractivity contribution in [3.63, 3.8) is 0 Å². The molecule has 0 aliphatic carbocycles. The number of halogens is 1. The summed E-state index contributed by atoms with van der Waals surface area (Å²) in [5.41, 5.74) is 7.53. The van der Waals surface area contributed by atoms with Gasteiger partial charge in [-0.15, -0.1) is 0 Å². The number of anilines is 1. The number of nitrogens with zero attached hydrogens (tertiary/aromatic N) is 3. The second-order valence-electron chi connectivity index (χ2n) is 3.03. The van der Waals surface area contributed by atoms with Crippen LogP contribution in [0.1, 0.15) is 5.56 Å². The molecular weight excluding hydrogens is 291 g/mol. The number of aromatic nitrogens is 3. The van der Waals surface area contributed by atoms with Gasteiger partial charge in [0.25, 0.3) is 0 Å². The van der Waals surface area contributed by atoms with Crippen molar-refractivity contribution in [2.24, 2.45) is 0 Å². The van der Waals surface area contributed by atoms with E-state index in [1.807, 2.05) is 19.2 Å². The van der Waals surface area contributed by atoms with Crippen molar-refractivity contribution < 1.29 is 0 Å². The third-order valence-corrected chi connectivity index (χ3v) is 2.36. The van der Waals surface area contributed by atoms with E-state index in [4.69, 9.17) is 5.73 Å². The predicted octanol–water partition coefficient (Wildman–Crippen LogP) is 1.76. The van der Waals surface area contributed by atoms with Crippen LogP contribution in [0.4, 0.5) is 5.69 Å². The second kappa shape index (κ2) is 3.56. The molecule has 0 spiro atoms. The molecule has 4 nitrogen and oxygen atoms in total. The fourth-order valence-corrected chi connectivity index (χ4v) is 1.58. The summed E-state index contributed by atoms with van der Waals surface area (Å²) < 4.78 is 2.74. The highest BCUT2D eigenvalue weighted by molar-refractivity contribution is 14.1. The molecule has 2 heterocycles. The molecule has 0 aliphatic rings. The fourth-order valence-electron chi connectivity index (χ4n) is 1.19. The van der Waals surface area contributed by atoms with E-state index in [2.05, 4.69) is 32.7 Å². The number of hydrogen-bond acceptors (Lipinski definition) is 3. The maximum Gasteiger partial charge on any atom is 0.176 e. The highest BCUT2D eigenvalue weighted by atomic mass is 127. The lowest BCUT2D eigenvalue weighted by Gasteiger charge is -2.04. The lowest BCUT2D eigenvalue weighted by atomic mass is 10.3. The van der Waals surface area contributed by atoms with Crippen LogP contribution in [0.2, 0.25) is 0 Å². The number of nitrogen functional groups attached to an aromatic ring is 1. The van der Waals surface area contributed by atoms with Crippen LogP contribution >= 0.6 is 22.6 Å². The van der Waals surface area contributed by atoms with E-state index in [9.17, 15) is 0 Å². The van der Waals surface area contributed by atoms with Gasteiger partial charge in [0.05, 0.1) is 15.5 Å². The molecule has 14 heavy (non-hydrogen) atoms. The standard InChI is InChI=1S/C9H9IN4/c1-6-2-8(11)9(12-3-6)14-5-7(10)4-13-14/h2-5H,11H2,1H3. The smallest absolute Gasteiger partial charge is 0.176 e. The van der Waals surface area contributed by atoms with Crippen molar-refractivity contribution in [2.45, 2.75) is 6.92 Å². The largest absolute Gasteiger partial charge is 0.396 e. The summed E-state index contributed by atoms with van der Waals surface area (Å²) in [6.07, 6.45) is 5.43. The van der Waals surface area contributed by atoms with Crippen LogP contribution in [0.15, 0.2) is 24.7 Å². The van der Waals surface area contributed by atoms with Crippen molar-refractivity contribution >= 4 is 28.3 Å². The van der Waals surface area contributed by atoms with E-state index in [0.29, 0.717) is 11.5 Å². The second-order valence-corrected chi connectivity index (χ2v) is 4.27. The van der Waals surface area contributed by atoms with E-state index in [1.54, 1.807) is 17.1 Å². The van der Waals surface area contributed by atoms with E-state index in [1.165, 1.54) is 0 Å². The zero-order valence-electron chi connectivity index (χ0n) is 7.61. The van der Waals surface area contributed by atoms with Crippen molar-refractivity contribution in [3.05, 3.63) is 33.8 Å². The van der Waals surface area contributed by atoms with Gasteiger partial charge < -0.3 is 5.73 Å². The van der Waals surface area contributed by atoms with Crippen LogP contribution in [-0.4, -0.2) is 14.8 Å².